The Morgan fingerprint density at radius 2 is 1.62 bits per heavy atom. The summed E-state index contributed by atoms with van der Waals surface area (Å²) in [5, 5.41) is 18.5. The maximum atomic E-state index is 14.5. The Labute approximate surface area is 410 Å². The maximum Gasteiger partial charge on any atom is 0.284 e. The molecule has 2 aliphatic heterocycles. The Bertz CT molecular complexity index is 2820. The molecular weight excluding hydrogens is 909 g/mol. The molecule has 6 aliphatic rings. The summed E-state index contributed by atoms with van der Waals surface area (Å²) in [5.74, 6) is 0.875. The van der Waals surface area contributed by atoms with E-state index in [2.05, 4.69) is 38.6 Å². The number of hydrogen-bond donors (Lipinski definition) is 2. The van der Waals surface area contributed by atoms with Gasteiger partial charge >= 0.3 is 0 Å². The number of pyridine rings is 1. The van der Waals surface area contributed by atoms with Gasteiger partial charge in [-0.3, -0.25) is 9.48 Å². The third-order valence-electron chi connectivity index (χ3n) is 15.8. The minimum absolute atomic E-state index is 0.00583. The van der Waals surface area contributed by atoms with Gasteiger partial charge in [-0.15, -0.1) is 10.2 Å². The second-order valence-electron chi connectivity index (χ2n) is 22.1. The highest BCUT2D eigenvalue weighted by atomic mass is 32.2. The van der Waals surface area contributed by atoms with Gasteiger partial charge in [-0.2, -0.15) is 5.10 Å². The Balaban J connectivity index is 0.936. The van der Waals surface area contributed by atoms with Gasteiger partial charge in [0, 0.05) is 54.0 Å². The number of rotatable bonds is 19. The molecule has 368 valence electrons. The van der Waals surface area contributed by atoms with E-state index in [-0.39, 0.29) is 39.1 Å². The molecular formula is C52H68N10O5S2. The summed E-state index contributed by atoms with van der Waals surface area (Å²) in [7, 11) is -4.02. The summed E-state index contributed by atoms with van der Waals surface area (Å²) in [6.45, 7) is 16.0. The number of likely N-dealkylation sites (tertiary alicyclic amines) is 1. The van der Waals surface area contributed by atoms with Crippen molar-refractivity contribution in [1.29, 1.82) is 0 Å². The van der Waals surface area contributed by atoms with Crippen LogP contribution in [0.3, 0.4) is 0 Å². The first kappa shape index (κ1) is 47.8. The van der Waals surface area contributed by atoms with E-state index < -0.39 is 15.9 Å². The quantitative estimate of drug-likeness (QED) is 0.0749. The molecule has 17 heteroatoms. The van der Waals surface area contributed by atoms with Crippen molar-refractivity contribution < 1.29 is 22.7 Å². The van der Waals surface area contributed by atoms with E-state index in [1.54, 1.807) is 18.3 Å². The summed E-state index contributed by atoms with van der Waals surface area (Å²) < 4.78 is 39.7. The molecule has 2 unspecified atom stereocenters. The fourth-order valence-corrected chi connectivity index (χ4v) is 15.9. The van der Waals surface area contributed by atoms with E-state index in [9.17, 15) is 18.0 Å². The summed E-state index contributed by atoms with van der Waals surface area (Å²) in [6, 6.07) is 11.8. The molecule has 4 saturated carbocycles. The normalized spacial score (nSPS) is 25.4. The summed E-state index contributed by atoms with van der Waals surface area (Å²) in [5.41, 5.74) is 5.30. The van der Waals surface area contributed by atoms with Gasteiger partial charge in [0.05, 0.1) is 34.4 Å². The summed E-state index contributed by atoms with van der Waals surface area (Å²) >= 11 is 1.56. The van der Waals surface area contributed by atoms with Crippen LogP contribution >= 0.6 is 11.3 Å². The molecule has 4 aromatic heterocycles. The number of nitrogens with one attached hydrogen (secondary N) is 2. The number of thiazole rings is 1. The maximum absolute atomic E-state index is 14.5. The van der Waals surface area contributed by atoms with Crippen LogP contribution in [0.4, 0.5) is 22.6 Å². The molecule has 1 saturated heterocycles. The molecule has 6 heterocycles. The van der Waals surface area contributed by atoms with Crippen molar-refractivity contribution in [3.8, 4) is 11.1 Å². The van der Waals surface area contributed by atoms with Gasteiger partial charge in [-0.05, 0) is 151 Å². The van der Waals surface area contributed by atoms with Gasteiger partial charge in [0.1, 0.15) is 17.3 Å². The molecule has 2 atom stereocenters. The van der Waals surface area contributed by atoms with E-state index in [4.69, 9.17) is 24.9 Å². The Hall–Kier alpha value is -4.84. The number of sulfonamides is 1. The summed E-state index contributed by atoms with van der Waals surface area (Å²) in [4.78, 5) is 40.2. The van der Waals surface area contributed by atoms with Crippen LogP contribution in [0.1, 0.15) is 138 Å². The smallest absolute Gasteiger partial charge is 0.284 e. The molecule has 1 aromatic carbocycles. The number of hydrogen-bond acceptors (Lipinski definition) is 14. The molecule has 4 aliphatic carbocycles. The van der Waals surface area contributed by atoms with Crippen molar-refractivity contribution >= 4 is 65.9 Å². The highest BCUT2D eigenvalue weighted by Crippen LogP contribution is 2.72. The molecule has 15 nitrogen and oxygen atoms in total. The molecule has 5 aromatic rings. The molecule has 69 heavy (non-hydrogen) atoms. The number of para-hydroxylation sites is 1. The lowest BCUT2D eigenvalue weighted by Gasteiger charge is -2.69. The minimum atomic E-state index is -4.02. The Morgan fingerprint density at radius 1 is 0.855 bits per heavy atom. The second kappa shape index (κ2) is 18.7. The van der Waals surface area contributed by atoms with E-state index in [1.165, 1.54) is 32.4 Å². The zero-order chi connectivity index (χ0) is 48.2. The predicted molar refractivity (Wildman–Crippen MR) is 271 cm³/mol. The third-order valence-corrected chi connectivity index (χ3v) is 18.0. The number of nitrogens with zero attached hydrogens (tertiary/aromatic N) is 8. The average Bonchev–Trinajstić information content (AvgIpc) is 4.04. The minimum Gasteiger partial charge on any atom is -0.374 e. The largest absolute Gasteiger partial charge is 0.374 e. The number of ketones is 1. The van der Waals surface area contributed by atoms with Crippen molar-refractivity contribution in [3.05, 3.63) is 65.1 Å². The number of benzene rings is 1. The number of aromatic nitrogens is 6. The topological polar surface area (TPSA) is 177 Å². The molecule has 2 N–H and O–H groups in total. The van der Waals surface area contributed by atoms with Gasteiger partial charge in [0.25, 0.3) is 5.91 Å². The van der Waals surface area contributed by atoms with E-state index in [1.807, 2.05) is 61.3 Å². The van der Waals surface area contributed by atoms with Crippen LogP contribution in [0.25, 0.3) is 21.3 Å². The van der Waals surface area contributed by atoms with Crippen LogP contribution < -0.4 is 14.9 Å². The fraction of sp³-hybridized carbons (Fsp3) is 0.596. The van der Waals surface area contributed by atoms with Crippen molar-refractivity contribution in [2.45, 2.75) is 143 Å². The lowest BCUT2D eigenvalue weighted by molar-refractivity contribution is -0.248. The number of amides is 1. The first-order chi connectivity index (χ1) is 33.0. The van der Waals surface area contributed by atoms with Crippen LogP contribution in [-0.4, -0.2) is 99.1 Å². The third kappa shape index (κ3) is 10.1. The molecule has 4 bridgehead atoms. The molecule has 0 radical (unpaired) electrons. The molecule has 11 rings (SSSR count). The first-order valence-corrected chi connectivity index (χ1v) is 27.7. The lowest BCUT2D eigenvalue weighted by atomic mass is 9.39. The fourth-order valence-electron chi connectivity index (χ4n) is 13.9. The van der Waals surface area contributed by atoms with Crippen LogP contribution in [0, 0.1) is 30.1 Å². The number of anilines is 4. The van der Waals surface area contributed by atoms with Gasteiger partial charge in [0.15, 0.2) is 16.8 Å². The SMILES string of the molecule is CC(=O)CCCCCCS(=O)(=O)NC(=O)c1nc(N2CCCc3c2nnc(Nc2nc4ccccc4s2)c3C)ccc1-c1cnn(CC23CC4(C)CC(C)(C2)CC(OCCN2CCCC2)(C4)C3)c1C. The highest BCUT2D eigenvalue weighted by Gasteiger charge is 2.66. The van der Waals surface area contributed by atoms with Crippen LogP contribution in [0.15, 0.2) is 42.6 Å². The lowest BCUT2D eigenvalue weighted by Crippen LogP contribution is -2.64. The Kier molecular flexibility index (Phi) is 13.0. The van der Waals surface area contributed by atoms with E-state index >= 15 is 0 Å². The average molecular weight is 977 g/mol. The molecule has 1 amide bonds. The number of Topliss-reactive ketones (excluding diaryl/α,β-unsaturated/α-hetero) is 1. The highest BCUT2D eigenvalue weighted by molar-refractivity contribution is 7.90. The van der Waals surface area contributed by atoms with Gasteiger partial charge in [0.2, 0.25) is 10.0 Å². The van der Waals surface area contributed by atoms with Gasteiger partial charge in [-0.1, -0.05) is 50.2 Å². The molecule has 5 fully saturated rings. The number of unbranched alkanes of at least 4 members (excludes halogenated alkanes) is 3. The number of carbonyl (C=O) groups excluding carboxylic acids is 2. The predicted octanol–water partition coefficient (Wildman–Crippen LogP) is 9.62. The van der Waals surface area contributed by atoms with Crippen molar-refractivity contribution in [1.82, 2.24) is 39.6 Å². The number of fused-ring (bicyclic) bond motifs is 2. The standard InChI is InChI=1S/C52H68N10O5S2/c1-35(63)15-8-6-7-13-26-69(65,66)59-47(64)44-39(19-20-43(55-44)61-23-14-16-38-36(2)45(57-58-46(38)61)56-48-54-41-17-9-10-18-42(41)68-48)40-27-53-62(37(40)3)34-51-29-49(4)28-50(5,30-51)32-52(31-49,33-51)67-25-24-60-21-11-12-22-60/h9-10,17-20,27H,6-8,11-16,21-26,28-34H2,1-5H3,(H,59,64)(H,54,56,57). The second-order valence-corrected chi connectivity index (χ2v) is 25.0. The van der Waals surface area contributed by atoms with Gasteiger partial charge in [-0.25, -0.2) is 23.1 Å². The zero-order valence-corrected chi connectivity index (χ0v) is 42.7. The van der Waals surface area contributed by atoms with Crippen LogP contribution in [0.5, 0.6) is 0 Å². The molecule has 0 spiro atoms. The Morgan fingerprint density at radius 3 is 2.39 bits per heavy atom. The summed E-state index contributed by atoms with van der Waals surface area (Å²) in [6.07, 6.45) is 15.6. The van der Waals surface area contributed by atoms with Crippen molar-refractivity contribution in [2.24, 2.45) is 16.2 Å². The van der Waals surface area contributed by atoms with Crippen molar-refractivity contribution in [2.75, 3.05) is 48.8 Å². The van der Waals surface area contributed by atoms with Crippen LogP contribution in [0.2, 0.25) is 0 Å². The first-order valence-electron chi connectivity index (χ1n) is 25.2. The number of carbonyl (C=O) groups is 2. The monoisotopic (exact) mass is 976 g/mol. The van der Waals surface area contributed by atoms with E-state index in [0.717, 1.165) is 109 Å². The van der Waals surface area contributed by atoms with Crippen LogP contribution in [-0.2, 0) is 32.5 Å². The zero-order valence-electron chi connectivity index (χ0n) is 41.0. The van der Waals surface area contributed by atoms with Gasteiger partial charge < -0.3 is 24.6 Å². The van der Waals surface area contributed by atoms with E-state index in [0.29, 0.717) is 55.2 Å². The number of ether oxygens (including phenoxy) is 1. The van der Waals surface area contributed by atoms with Crippen molar-refractivity contribution in [3.63, 3.8) is 0 Å².